The maximum atomic E-state index is 8.21. The Bertz CT molecular complexity index is 1940. The van der Waals surface area contributed by atoms with Gasteiger partial charge in [0, 0.05) is 44.9 Å². The Balaban J connectivity index is 1.16. The minimum atomic E-state index is -2.13. The molecule has 206 valence electrons. The highest BCUT2D eigenvalue weighted by Crippen LogP contribution is 2.48. The Morgan fingerprint density at radius 2 is 1.63 bits per heavy atom. The molecule has 2 bridgehead atoms. The molecule has 5 heteroatoms. The Hall–Kier alpha value is -4.09. The summed E-state index contributed by atoms with van der Waals surface area (Å²) in [6.07, 6.45) is 7.42. The number of rotatable bonds is 4. The van der Waals surface area contributed by atoms with E-state index in [4.69, 9.17) is 13.8 Å². The summed E-state index contributed by atoms with van der Waals surface area (Å²) in [5.74, 6) is 3.01. The minimum Gasteiger partial charge on any atom is -0.457 e. The van der Waals surface area contributed by atoms with Gasteiger partial charge in [-0.25, -0.2) is 4.98 Å². The number of fused-ring (bicyclic) bond motifs is 8. The molecule has 0 radical (unpaired) electrons. The number of aromatic nitrogens is 2. The first-order chi connectivity index (χ1) is 21.1. The molecule has 4 atom stereocenters. The number of para-hydroxylation sites is 1. The van der Waals surface area contributed by atoms with Gasteiger partial charge < -0.3 is 9.64 Å². The predicted molar refractivity (Wildman–Crippen MR) is 167 cm³/mol. The highest BCUT2D eigenvalue weighted by atomic mass is 16.5. The van der Waals surface area contributed by atoms with E-state index in [-0.39, 0.29) is 17.5 Å². The molecule has 3 aliphatic rings. The van der Waals surface area contributed by atoms with Crippen molar-refractivity contribution in [2.24, 2.45) is 11.8 Å². The third-order valence-electron chi connectivity index (χ3n) is 9.27. The molecule has 2 aromatic heterocycles. The number of nitrogens with zero attached hydrogens (tertiary/aromatic N) is 4. The molecule has 0 N–H and O–H groups in total. The van der Waals surface area contributed by atoms with Gasteiger partial charge >= 0.3 is 0 Å². The van der Waals surface area contributed by atoms with Gasteiger partial charge in [0.25, 0.3) is 0 Å². The van der Waals surface area contributed by atoms with E-state index in [9.17, 15) is 0 Å². The summed E-state index contributed by atoms with van der Waals surface area (Å²) < 4.78 is 33.4. The number of anilines is 1. The van der Waals surface area contributed by atoms with Crippen molar-refractivity contribution in [3.8, 4) is 17.3 Å². The average Bonchev–Trinajstić information content (AvgIpc) is 3.76. The van der Waals surface area contributed by atoms with Crippen LogP contribution in [0.4, 0.5) is 5.69 Å². The van der Waals surface area contributed by atoms with Crippen molar-refractivity contribution in [1.82, 2.24) is 14.5 Å². The first kappa shape index (κ1) is 21.6. The van der Waals surface area contributed by atoms with Crippen LogP contribution in [0, 0.1) is 11.8 Å². The zero-order chi connectivity index (χ0) is 30.4. The molecule has 41 heavy (non-hydrogen) atoms. The third-order valence-corrected chi connectivity index (χ3v) is 9.27. The van der Waals surface area contributed by atoms with Gasteiger partial charge in [-0.1, -0.05) is 57.2 Å². The lowest BCUT2D eigenvalue weighted by atomic mass is 9.88. The molecule has 0 spiro atoms. The van der Waals surface area contributed by atoms with Gasteiger partial charge in [0.15, 0.2) is 0 Å². The lowest BCUT2D eigenvalue weighted by Crippen LogP contribution is -2.39. The van der Waals surface area contributed by atoms with Crippen LogP contribution in [0.3, 0.4) is 0 Å². The Morgan fingerprint density at radius 3 is 2.49 bits per heavy atom. The zero-order valence-electron chi connectivity index (χ0n) is 26.7. The fourth-order valence-electron chi connectivity index (χ4n) is 7.34. The van der Waals surface area contributed by atoms with Crippen LogP contribution in [-0.2, 0) is 5.41 Å². The molecule has 8 rings (SSSR count). The zero-order valence-corrected chi connectivity index (χ0v) is 23.7. The van der Waals surface area contributed by atoms with Crippen LogP contribution in [0.15, 0.2) is 97.2 Å². The highest BCUT2D eigenvalue weighted by molar-refractivity contribution is 6.09. The third kappa shape index (κ3) is 3.90. The monoisotopic (exact) mass is 543 g/mol. The second kappa shape index (κ2) is 8.95. The van der Waals surface area contributed by atoms with Crippen LogP contribution in [0.1, 0.15) is 36.9 Å². The van der Waals surface area contributed by atoms with Gasteiger partial charge in [0.2, 0.25) is 0 Å². The number of pyridine rings is 1. The quantitative estimate of drug-likeness (QED) is 0.216. The van der Waals surface area contributed by atoms with Crippen molar-refractivity contribution >= 4 is 27.5 Å². The molecule has 1 saturated carbocycles. The first-order valence-electron chi connectivity index (χ1n) is 16.1. The molecule has 1 aliphatic heterocycles. The number of benzene rings is 3. The maximum Gasteiger partial charge on any atom is 0.137 e. The lowest BCUT2D eigenvalue weighted by Gasteiger charge is -2.30. The topological polar surface area (TPSA) is 33.5 Å². The van der Waals surface area contributed by atoms with Crippen LogP contribution in [0.2, 0.25) is 0 Å². The van der Waals surface area contributed by atoms with E-state index < -0.39 is 6.98 Å². The van der Waals surface area contributed by atoms with Crippen molar-refractivity contribution in [2.45, 2.75) is 44.7 Å². The molecule has 0 amide bonds. The van der Waals surface area contributed by atoms with Crippen molar-refractivity contribution in [2.75, 3.05) is 18.5 Å². The summed E-state index contributed by atoms with van der Waals surface area (Å²) in [6.45, 7) is 4.91. The lowest BCUT2D eigenvalue weighted by molar-refractivity contribution is 0.272. The number of hydrogen-bond donors (Lipinski definition) is 0. The van der Waals surface area contributed by atoms with Gasteiger partial charge in [-0.05, 0) is 78.7 Å². The summed E-state index contributed by atoms with van der Waals surface area (Å²) in [5, 5.41) is 2.31. The van der Waals surface area contributed by atoms with E-state index in [0.717, 1.165) is 45.8 Å². The fourth-order valence-corrected chi connectivity index (χ4v) is 7.34. The Morgan fingerprint density at radius 1 is 0.829 bits per heavy atom. The molecule has 2 aliphatic carbocycles. The number of hydrogen-bond acceptors (Lipinski definition) is 4. The largest absolute Gasteiger partial charge is 0.457 e. The molecule has 5 nitrogen and oxygen atoms in total. The first-order valence-corrected chi connectivity index (χ1v) is 14.6. The van der Waals surface area contributed by atoms with Crippen LogP contribution < -0.4 is 9.64 Å². The van der Waals surface area contributed by atoms with Gasteiger partial charge in [-0.3, -0.25) is 9.47 Å². The Labute approximate surface area is 245 Å². The summed E-state index contributed by atoms with van der Waals surface area (Å²) in [4.78, 5) is 8.79. The van der Waals surface area contributed by atoms with Gasteiger partial charge in [0.1, 0.15) is 17.3 Å². The molecule has 3 heterocycles. The second-order valence-electron chi connectivity index (χ2n) is 12.8. The average molecular weight is 544 g/mol. The van der Waals surface area contributed by atoms with Crippen molar-refractivity contribution < 1.29 is 8.85 Å². The van der Waals surface area contributed by atoms with E-state index in [1.165, 1.54) is 10.9 Å². The van der Waals surface area contributed by atoms with E-state index >= 15 is 0 Å². The van der Waals surface area contributed by atoms with Crippen LogP contribution >= 0.6 is 0 Å². The summed E-state index contributed by atoms with van der Waals surface area (Å²) >= 11 is 0. The normalized spacial score (nSPS) is 25.0. The van der Waals surface area contributed by atoms with Gasteiger partial charge in [-0.2, -0.15) is 0 Å². The predicted octanol–water partition coefficient (Wildman–Crippen LogP) is 7.92. The van der Waals surface area contributed by atoms with E-state index in [0.29, 0.717) is 18.5 Å². The van der Waals surface area contributed by atoms with E-state index in [1.807, 2.05) is 30.5 Å². The van der Waals surface area contributed by atoms with Crippen molar-refractivity contribution in [3.05, 3.63) is 103 Å². The van der Waals surface area contributed by atoms with E-state index in [1.54, 1.807) is 4.90 Å². The molecule has 2 unspecified atom stereocenters. The van der Waals surface area contributed by atoms with Crippen LogP contribution in [0.25, 0.3) is 27.6 Å². The molecular weight excluding hydrogens is 504 g/mol. The molecular formula is C36H36N4O. The van der Waals surface area contributed by atoms with Crippen molar-refractivity contribution in [3.63, 3.8) is 0 Å². The van der Waals surface area contributed by atoms with Crippen LogP contribution in [0.5, 0.6) is 11.5 Å². The summed E-state index contributed by atoms with van der Waals surface area (Å²) in [6, 6.07) is 27.2. The van der Waals surface area contributed by atoms with Crippen molar-refractivity contribution in [1.29, 1.82) is 0 Å². The maximum absolute atomic E-state index is 8.21. The SMILES string of the molecule is [2H]C([2H])([2H])N1CN(c2cccc(Oc3ccc4c5ccccc5n(-c5cc(C(C)(C)C)ccn5)c4c3)c2)[C@@H]2C1C1C=C[C@@H]2C1. The van der Waals surface area contributed by atoms with Gasteiger partial charge in [-0.15, -0.1) is 0 Å². The Kier molecular flexibility index (Phi) is 4.72. The number of likely N-dealkylation sites (N-methyl/N-ethyl adjacent to an activating group) is 1. The molecule has 5 aromatic rings. The molecule has 3 aromatic carbocycles. The summed E-state index contributed by atoms with van der Waals surface area (Å²) in [7, 11) is 0. The highest BCUT2D eigenvalue weighted by Gasteiger charge is 2.53. The van der Waals surface area contributed by atoms with Gasteiger partial charge in [0.05, 0.1) is 23.7 Å². The molecule has 1 saturated heterocycles. The smallest absolute Gasteiger partial charge is 0.137 e. The van der Waals surface area contributed by atoms with E-state index in [2.05, 4.69) is 97.0 Å². The fraction of sp³-hybridized carbons (Fsp3) is 0.306. The number of ether oxygens (including phenoxy) is 1. The second-order valence-corrected chi connectivity index (χ2v) is 12.8. The van der Waals surface area contributed by atoms with Crippen LogP contribution in [-0.4, -0.2) is 40.2 Å². The minimum absolute atomic E-state index is 0.0000501. The summed E-state index contributed by atoms with van der Waals surface area (Å²) in [5.41, 5.74) is 4.35. The molecule has 2 fully saturated rings. The standard InChI is InChI=1S/C36H36N4O/c1-36(2,3)25-16-17-37-33(19-25)40-31-11-6-5-10-29(31)30-15-14-28(21-32(30)40)41-27-9-7-8-26(20-27)39-22-38(4)34-23-12-13-24(18-23)35(34)39/h5-17,19-21,23-24,34-35H,18,22H2,1-4H3/t23?,24-,34?,35+/m1/s1/i4D3.